The Morgan fingerprint density at radius 2 is 1.88 bits per heavy atom. The van der Waals surface area contributed by atoms with Crippen molar-refractivity contribution < 1.29 is 14.6 Å². The summed E-state index contributed by atoms with van der Waals surface area (Å²) in [5.41, 5.74) is 4.94. The number of carboxylic acids is 1. The van der Waals surface area contributed by atoms with Gasteiger partial charge in [-0.2, -0.15) is 5.21 Å². The molecule has 2 N–H and O–H groups in total. The summed E-state index contributed by atoms with van der Waals surface area (Å²) >= 11 is 0. The first kappa shape index (κ1) is 21.1. The number of anilines is 1. The third-order valence-electron chi connectivity index (χ3n) is 6.17. The molecule has 170 valence electrons. The van der Waals surface area contributed by atoms with E-state index in [1.807, 2.05) is 6.07 Å². The quantitative estimate of drug-likeness (QED) is 0.428. The number of aromatic carboxylic acids is 1. The molecular formula is C24H26N6O3. The van der Waals surface area contributed by atoms with E-state index in [2.05, 4.69) is 60.6 Å². The Morgan fingerprint density at radius 1 is 1.06 bits per heavy atom. The van der Waals surface area contributed by atoms with Crippen LogP contribution in [0.1, 0.15) is 27.3 Å². The number of benzene rings is 2. The van der Waals surface area contributed by atoms with Crippen LogP contribution < -0.4 is 4.90 Å². The van der Waals surface area contributed by atoms with Gasteiger partial charge in [-0.15, -0.1) is 10.2 Å². The molecule has 5 rings (SSSR count). The molecule has 0 unspecified atom stereocenters. The highest BCUT2D eigenvalue weighted by Crippen LogP contribution is 2.25. The standard InChI is InChI=1S/C24H26N6O3/c31-24(32)18-5-8-22-21(15-18)19(16-30(22)10-9-23-25-27-28-26-23)4-1-17-2-6-20(7-3-17)29-11-13-33-14-12-29/h2-3,5-8,15-16H,1,4,9-14H2,(H,31,32)(H,25,26,27,28). The Hall–Kier alpha value is -3.72. The Morgan fingerprint density at radius 3 is 2.61 bits per heavy atom. The van der Waals surface area contributed by atoms with Gasteiger partial charge in [0.15, 0.2) is 5.82 Å². The second-order valence-electron chi connectivity index (χ2n) is 8.23. The zero-order valence-corrected chi connectivity index (χ0v) is 18.3. The van der Waals surface area contributed by atoms with E-state index >= 15 is 0 Å². The molecule has 9 nitrogen and oxygen atoms in total. The fraction of sp³-hybridized carbons (Fsp3) is 0.333. The van der Waals surface area contributed by atoms with Gasteiger partial charge in [-0.1, -0.05) is 17.3 Å². The zero-order valence-electron chi connectivity index (χ0n) is 18.3. The van der Waals surface area contributed by atoms with E-state index in [4.69, 9.17) is 4.74 Å². The first-order valence-electron chi connectivity index (χ1n) is 11.2. The number of ether oxygens (including phenoxy) is 1. The number of hydrogen-bond donors (Lipinski definition) is 2. The van der Waals surface area contributed by atoms with Gasteiger partial charge in [-0.3, -0.25) is 0 Å². The predicted molar refractivity (Wildman–Crippen MR) is 124 cm³/mol. The summed E-state index contributed by atoms with van der Waals surface area (Å²) in [7, 11) is 0. The summed E-state index contributed by atoms with van der Waals surface area (Å²) in [6, 6.07) is 14.0. The van der Waals surface area contributed by atoms with E-state index in [-0.39, 0.29) is 0 Å². The highest BCUT2D eigenvalue weighted by atomic mass is 16.5. The molecule has 2 aromatic heterocycles. The lowest BCUT2D eigenvalue weighted by molar-refractivity contribution is 0.0697. The van der Waals surface area contributed by atoms with Crippen LogP contribution in [0.15, 0.2) is 48.7 Å². The number of tetrazole rings is 1. The van der Waals surface area contributed by atoms with Crippen molar-refractivity contribution in [1.29, 1.82) is 0 Å². The highest BCUT2D eigenvalue weighted by Gasteiger charge is 2.14. The van der Waals surface area contributed by atoms with Crippen LogP contribution in [0.25, 0.3) is 10.9 Å². The Balaban J connectivity index is 1.34. The van der Waals surface area contributed by atoms with E-state index in [0.717, 1.165) is 55.6 Å². The van der Waals surface area contributed by atoms with E-state index in [9.17, 15) is 9.90 Å². The number of fused-ring (bicyclic) bond motifs is 1. The third-order valence-corrected chi connectivity index (χ3v) is 6.17. The minimum absolute atomic E-state index is 0.300. The second-order valence-corrected chi connectivity index (χ2v) is 8.23. The van der Waals surface area contributed by atoms with Gasteiger partial charge in [0.05, 0.1) is 18.8 Å². The van der Waals surface area contributed by atoms with Crippen LogP contribution >= 0.6 is 0 Å². The van der Waals surface area contributed by atoms with Crippen LogP contribution in [-0.2, 0) is 30.5 Å². The molecule has 0 aliphatic carbocycles. The molecule has 0 saturated carbocycles. The molecule has 1 fully saturated rings. The third kappa shape index (κ3) is 4.73. The number of aromatic nitrogens is 5. The predicted octanol–water partition coefficient (Wildman–Crippen LogP) is 2.72. The van der Waals surface area contributed by atoms with Gasteiger partial charge in [0, 0.05) is 48.8 Å². The van der Waals surface area contributed by atoms with Gasteiger partial charge in [0.2, 0.25) is 0 Å². The Labute approximate surface area is 191 Å². The number of nitrogens with one attached hydrogen (secondary N) is 1. The fourth-order valence-electron chi connectivity index (χ4n) is 4.37. The molecule has 4 aromatic rings. The number of morpholine rings is 1. The molecule has 0 bridgehead atoms. The number of aryl methyl sites for hydroxylation is 4. The molecule has 1 saturated heterocycles. The van der Waals surface area contributed by atoms with Crippen LogP contribution in [0, 0.1) is 0 Å². The summed E-state index contributed by atoms with van der Waals surface area (Å²) in [6.45, 7) is 4.09. The summed E-state index contributed by atoms with van der Waals surface area (Å²) in [6.07, 6.45) is 4.47. The number of carboxylic acid groups (broad SMARTS) is 1. The molecular weight excluding hydrogens is 420 g/mol. The molecule has 33 heavy (non-hydrogen) atoms. The van der Waals surface area contributed by atoms with Gasteiger partial charge < -0.3 is 19.3 Å². The molecule has 0 radical (unpaired) electrons. The number of H-pyrrole nitrogens is 1. The van der Waals surface area contributed by atoms with Crippen molar-refractivity contribution in [3.63, 3.8) is 0 Å². The number of aromatic amines is 1. The maximum atomic E-state index is 11.5. The molecule has 9 heteroatoms. The summed E-state index contributed by atoms with van der Waals surface area (Å²) in [4.78, 5) is 13.9. The first-order chi connectivity index (χ1) is 16.2. The Kier molecular flexibility index (Phi) is 6.03. The fourth-order valence-corrected chi connectivity index (χ4v) is 4.37. The Bertz CT molecular complexity index is 1230. The average molecular weight is 447 g/mol. The summed E-state index contributed by atoms with van der Waals surface area (Å²) in [5, 5.41) is 24.6. The van der Waals surface area contributed by atoms with Crippen molar-refractivity contribution in [1.82, 2.24) is 25.2 Å². The minimum atomic E-state index is -0.916. The van der Waals surface area contributed by atoms with Crippen molar-refractivity contribution in [2.45, 2.75) is 25.8 Å². The van der Waals surface area contributed by atoms with Crippen LogP contribution in [0.5, 0.6) is 0 Å². The van der Waals surface area contributed by atoms with Crippen LogP contribution in [0.3, 0.4) is 0 Å². The SMILES string of the molecule is O=C(O)c1ccc2c(c1)c(CCc1ccc(N3CCOCC3)cc1)cn2CCc1nn[nH]n1. The maximum absolute atomic E-state index is 11.5. The van der Waals surface area contributed by atoms with E-state index in [1.165, 1.54) is 11.3 Å². The van der Waals surface area contributed by atoms with Gasteiger partial charge in [-0.25, -0.2) is 4.79 Å². The molecule has 0 spiro atoms. The number of hydrogen-bond acceptors (Lipinski definition) is 6. The molecule has 0 atom stereocenters. The smallest absolute Gasteiger partial charge is 0.335 e. The highest BCUT2D eigenvalue weighted by molar-refractivity contribution is 5.95. The normalized spacial score (nSPS) is 14.1. The lowest BCUT2D eigenvalue weighted by Gasteiger charge is -2.28. The molecule has 2 aromatic carbocycles. The van der Waals surface area contributed by atoms with Crippen molar-refractivity contribution in [3.8, 4) is 0 Å². The van der Waals surface area contributed by atoms with Crippen molar-refractivity contribution in [3.05, 3.63) is 71.2 Å². The number of nitrogens with zero attached hydrogens (tertiary/aromatic N) is 5. The largest absolute Gasteiger partial charge is 0.478 e. The topological polar surface area (TPSA) is 109 Å². The van der Waals surface area contributed by atoms with Gasteiger partial charge in [-0.05, 0) is 54.3 Å². The van der Waals surface area contributed by atoms with Gasteiger partial charge in [0.1, 0.15) is 0 Å². The number of carbonyl (C=O) groups is 1. The van der Waals surface area contributed by atoms with Crippen LogP contribution in [-0.4, -0.2) is 62.6 Å². The van der Waals surface area contributed by atoms with Crippen LogP contribution in [0.2, 0.25) is 0 Å². The van der Waals surface area contributed by atoms with Gasteiger partial charge in [0.25, 0.3) is 0 Å². The monoisotopic (exact) mass is 446 g/mol. The minimum Gasteiger partial charge on any atom is -0.478 e. The van der Waals surface area contributed by atoms with E-state index in [1.54, 1.807) is 12.1 Å². The second kappa shape index (κ2) is 9.41. The van der Waals surface area contributed by atoms with E-state index in [0.29, 0.717) is 24.4 Å². The summed E-state index contributed by atoms with van der Waals surface area (Å²) < 4.78 is 7.59. The lowest BCUT2D eigenvalue weighted by atomic mass is 10.0. The van der Waals surface area contributed by atoms with E-state index < -0.39 is 5.97 Å². The molecule has 3 heterocycles. The van der Waals surface area contributed by atoms with Crippen molar-refractivity contribution >= 4 is 22.6 Å². The van der Waals surface area contributed by atoms with Gasteiger partial charge >= 0.3 is 5.97 Å². The molecule has 1 aliphatic rings. The van der Waals surface area contributed by atoms with Crippen molar-refractivity contribution in [2.24, 2.45) is 0 Å². The van der Waals surface area contributed by atoms with Crippen molar-refractivity contribution in [2.75, 3.05) is 31.2 Å². The molecule has 0 amide bonds. The van der Waals surface area contributed by atoms with Crippen LogP contribution in [0.4, 0.5) is 5.69 Å². The average Bonchev–Trinajstić information content (AvgIpc) is 3.50. The number of rotatable bonds is 8. The molecule has 1 aliphatic heterocycles. The first-order valence-corrected chi connectivity index (χ1v) is 11.2. The zero-order chi connectivity index (χ0) is 22.6. The maximum Gasteiger partial charge on any atom is 0.335 e. The lowest BCUT2D eigenvalue weighted by Crippen LogP contribution is -2.36. The summed E-state index contributed by atoms with van der Waals surface area (Å²) in [5.74, 6) is -0.262.